The second-order valence-corrected chi connectivity index (χ2v) is 5.42. The number of anilines is 1. The third-order valence-electron chi connectivity index (χ3n) is 4.32. The Labute approximate surface area is 113 Å². The van der Waals surface area contributed by atoms with Crippen LogP contribution in [0.25, 0.3) is 0 Å². The van der Waals surface area contributed by atoms with Gasteiger partial charge in [-0.1, -0.05) is 18.2 Å². The molecule has 1 fully saturated rings. The Morgan fingerprint density at radius 1 is 1.37 bits per heavy atom. The fourth-order valence-electron chi connectivity index (χ4n) is 3.34. The van der Waals surface area contributed by atoms with Crippen molar-refractivity contribution in [1.29, 1.82) is 5.26 Å². The molecule has 2 aliphatic carbocycles. The number of hydrogen-bond acceptors (Lipinski definition) is 3. The van der Waals surface area contributed by atoms with Gasteiger partial charge in [0.25, 0.3) is 0 Å². The summed E-state index contributed by atoms with van der Waals surface area (Å²) in [4.78, 5) is 0. The van der Waals surface area contributed by atoms with Gasteiger partial charge in [-0.3, -0.25) is 0 Å². The van der Waals surface area contributed by atoms with E-state index in [9.17, 15) is 5.26 Å². The molecule has 0 radical (unpaired) electrons. The molecule has 1 N–H and O–H groups in total. The van der Waals surface area contributed by atoms with Gasteiger partial charge in [-0.05, 0) is 42.7 Å². The van der Waals surface area contributed by atoms with Gasteiger partial charge in [0.1, 0.15) is 11.8 Å². The largest absolute Gasteiger partial charge is 0.495 e. The highest BCUT2D eigenvalue weighted by molar-refractivity contribution is 5.66. The molecule has 1 aromatic rings. The molecule has 3 rings (SSSR count). The van der Waals surface area contributed by atoms with E-state index in [4.69, 9.17) is 4.74 Å². The van der Waals surface area contributed by atoms with E-state index in [0.717, 1.165) is 29.8 Å². The lowest BCUT2D eigenvalue weighted by atomic mass is 9.93. The van der Waals surface area contributed by atoms with E-state index in [0.29, 0.717) is 11.5 Å². The molecule has 0 amide bonds. The van der Waals surface area contributed by atoms with Gasteiger partial charge in [0.2, 0.25) is 0 Å². The van der Waals surface area contributed by atoms with E-state index in [1.165, 1.54) is 12.8 Å². The molecule has 1 aromatic carbocycles. The number of allylic oxidation sites excluding steroid dienone is 2. The molecule has 0 saturated heterocycles. The third-order valence-corrected chi connectivity index (χ3v) is 4.32. The number of rotatable bonds is 4. The summed E-state index contributed by atoms with van der Waals surface area (Å²) in [6.45, 7) is 0.917. The lowest BCUT2D eigenvalue weighted by Gasteiger charge is -2.20. The lowest BCUT2D eigenvalue weighted by molar-refractivity contribution is 0.415. The number of ether oxygens (including phenoxy) is 1. The van der Waals surface area contributed by atoms with Crippen LogP contribution in [0, 0.1) is 29.1 Å². The second-order valence-electron chi connectivity index (χ2n) is 5.42. The lowest BCUT2D eigenvalue weighted by Crippen LogP contribution is -2.19. The number of nitriles is 1. The van der Waals surface area contributed by atoms with E-state index in [1.807, 2.05) is 18.2 Å². The van der Waals surface area contributed by atoms with Gasteiger partial charge in [-0.15, -0.1) is 0 Å². The molecule has 0 aliphatic heterocycles. The number of hydrogen-bond donors (Lipinski definition) is 1. The summed E-state index contributed by atoms with van der Waals surface area (Å²) in [5.41, 5.74) is 1.48. The average Bonchev–Trinajstić information content (AvgIpc) is 3.07. The smallest absolute Gasteiger partial charge is 0.143 e. The van der Waals surface area contributed by atoms with Crippen molar-refractivity contribution in [2.45, 2.75) is 12.8 Å². The van der Waals surface area contributed by atoms with Crippen molar-refractivity contribution in [3.05, 3.63) is 35.9 Å². The zero-order chi connectivity index (χ0) is 13.2. The van der Waals surface area contributed by atoms with Crippen LogP contribution in [0.3, 0.4) is 0 Å². The fraction of sp³-hybridized carbons (Fsp3) is 0.438. The third kappa shape index (κ3) is 2.19. The second kappa shape index (κ2) is 4.97. The van der Waals surface area contributed by atoms with E-state index >= 15 is 0 Å². The van der Waals surface area contributed by atoms with Crippen LogP contribution >= 0.6 is 0 Å². The molecule has 2 aliphatic rings. The van der Waals surface area contributed by atoms with Crippen molar-refractivity contribution in [2.75, 3.05) is 19.0 Å². The number of nitrogens with zero attached hydrogens (tertiary/aromatic N) is 1. The summed E-state index contributed by atoms with van der Waals surface area (Å²) in [7, 11) is 1.64. The molecule has 98 valence electrons. The molecule has 0 aromatic heterocycles. The van der Waals surface area contributed by atoms with Crippen molar-refractivity contribution in [3.63, 3.8) is 0 Å². The van der Waals surface area contributed by atoms with Crippen molar-refractivity contribution >= 4 is 5.69 Å². The molecule has 0 spiro atoms. The Bertz CT molecular complexity index is 544. The number of methoxy groups -OCH3 is 1. The predicted molar refractivity (Wildman–Crippen MR) is 75.0 cm³/mol. The predicted octanol–water partition coefficient (Wildman–Crippen LogP) is 3.19. The summed E-state index contributed by atoms with van der Waals surface area (Å²) >= 11 is 0. The van der Waals surface area contributed by atoms with Gasteiger partial charge >= 0.3 is 0 Å². The maximum absolute atomic E-state index is 9.18. The first-order chi connectivity index (χ1) is 9.31. The van der Waals surface area contributed by atoms with E-state index in [1.54, 1.807) is 7.11 Å². The van der Waals surface area contributed by atoms with Crippen LogP contribution in [0.1, 0.15) is 18.4 Å². The van der Waals surface area contributed by atoms with Crippen molar-refractivity contribution in [3.8, 4) is 11.8 Å². The molecule has 3 heteroatoms. The molecule has 2 bridgehead atoms. The Kier molecular flexibility index (Phi) is 3.16. The van der Waals surface area contributed by atoms with Gasteiger partial charge in [-0.25, -0.2) is 0 Å². The summed E-state index contributed by atoms with van der Waals surface area (Å²) in [5.74, 6) is 2.94. The quantitative estimate of drug-likeness (QED) is 0.839. The molecule has 3 atom stereocenters. The molecule has 19 heavy (non-hydrogen) atoms. The maximum atomic E-state index is 9.18. The molecular formula is C16H18N2O. The van der Waals surface area contributed by atoms with Crippen LogP contribution < -0.4 is 10.1 Å². The monoisotopic (exact) mass is 254 g/mol. The minimum absolute atomic E-state index is 0.651. The first-order valence-corrected chi connectivity index (χ1v) is 6.81. The molecule has 3 nitrogen and oxygen atoms in total. The Morgan fingerprint density at radius 2 is 2.26 bits per heavy atom. The minimum Gasteiger partial charge on any atom is -0.495 e. The van der Waals surface area contributed by atoms with Gasteiger partial charge < -0.3 is 10.1 Å². The summed E-state index contributed by atoms with van der Waals surface area (Å²) in [6, 6.07) is 7.79. The number of nitrogens with one attached hydrogen (secondary N) is 1. The first-order valence-electron chi connectivity index (χ1n) is 6.81. The van der Waals surface area contributed by atoms with Crippen molar-refractivity contribution in [2.24, 2.45) is 17.8 Å². The summed E-state index contributed by atoms with van der Waals surface area (Å²) in [5, 5.41) is 12.6. The number of fused-ring (bicyclic) bond motifs is 2. The van der Waals surface area contributed by atoms with Gasteiger partial charge in [-0.2, -0.15) is 5.26 Å². The van der Waals surface area contributed by atoms with Gasteiger partial charge in [0.15, 0.2) is 0 Å². The van der Waals surface area contributed by atoms with E-state index in [2.05, 4.69) is 23.5 Å². The first kappa shape index (κ1) is 12.1. The molecule has 1 saturated carbocycles. The van der Waals surface area contributed by atoms with Crippen LogP contribution in [-0.2, 0) is 0 Å². The topological polar surface area (TPSA) is 45.0 Å². The zero-order valence-electron chi connectivity index (χ0n) is 11.1. The minimum atomic E-state index is 0.651. The SMILES string of the molecule is COc1cccc(C#N)c1NCC1CC2C=CC1C2. The fourth-order valence-corrected chi connectivity index (χ4v) is 3.34. The van der Waals surface area contributed by atoms with Crippen LogP contribution in [0.15, 0.2) is 30.4 Å². The van der Waals surface area contributed by atoms with Gasteiger partial charge in [0.05, 0.1) is 18.4 Å². The summed E-state index contributed by atoms with van der Waals surface area (Å²) < 4.78 is 5.34. The normalized spacial score (nSPS) is 27.3. The Morgan fingerprint density at radius 3 is 2.89 bits per heavy atom. The van der Waals surface area contributed by atoms with Crippen LogP contribution in [0.2, 0.25) is 0 Å². The average molecular weight is 254 g/mol. The van der Waals surface area contributed by atoms with E-state index in [-0.39, 0.29) is 0 Å². The highest BCUT2D eigenvalue weighted by atomic mass is 16.5. The van der Waals surface area contributed by atoms with Crippen molar-refractivity contribution < 1.29 is 4.74 Å². The van der Waals surface area contributed by atoms with E-state index < -0.39 is 0 Å². The number of benzene rings is 1. The Hall–Kier alpha value is -1.95. The van der Waals surface area contributed by atoms with Crippen molar-refractivity contribution in [1.82, 2.24) is 0 Å². The maximum Gasteiger partial charge on any atom is 0.143 e. The highest BCUT2D eigenvalue weighted by Crippen LogP contribution is 2.43. The Balaban J connectivity index is 1.73. The summed E-state index contributed by atoms with van der Waals surface area (Å²) in [6.07, 6.45) is 7.29. The highest BCUT2D eigenvalue weighted by Gasteiger charge is 2.35. The van der Waals surface area contributed by atoms with Crippen LogP contribution in [0.5, 0.6) is 5.75 Å². The van der Waals surface area contributed by atoms with Crippen LogP contribution in [0.4, 0.5) is 5.69 Å². The molecule has 0 heterocycles. The number of para-hydroxylation sites is 1. The zero-order valence-corrected chi connectivity index (χ0v) is 11.1. The molecule has 3 unspecified atom stereocenters. The van der Waals surface area contributed by atoms with Gasteiger partial charge in [0, 0.05) is 6.54 Å². The standard InChI is InChI=1S/C16H18N2O/c1-19-15-4-2-3-13(9-17)16(15)18-10-14-8-11-5-6-12(14)7-11/h2-6,11-12,14,18H,7-8,10H2,1H3. The van der Waals surface area contributed by atoms with Crippen LogP contribution in [-0.4, -0.2) is 13.7 Å². The molecular weight excluding hydrogens is 236 g/mol.